The Morgan fingerprint density at radius 3 is 2.35 bits per heavy atom. The van der Waals surface area contributed by atoms with Crippen molar-refractivity contribution in [2.45, 2.75) is 20.3 Å². The zero-order valence-electron chi connectivity index (χ0n) is 11.8. The maximum absolute atomic E-state index is 12.2. The summed E-state index contributed by atoms with van der Waals surface area (Å²) in [5.41, 5.74) is 0.383. The van der Waals surface area contributed by atoms with Gasteiger partial charge in [-0.05, 0) is 23.6 Å². The average Bonchev–Trinajstić information content (AvgIpc) is 2.83. The zero-order chi connectivity index (χ0) is 14.7. The molecular weight excluding hydrogens is 280 g/mol. The molecule has 5 nitrogen and oxygen atoms in total. The Morgan fingerprint density at radius 1 is 1.25 bits per heavy atom. The Labute approximate surface area is 123 Å². The molecule has 0 aliphatic carbocycles. The van der Waals surface area contributed by atoms with Gasteiger partial charge in [0, 0.05) is 32.6 Å². The van der Waals surface area contributed by atoms with Gasteiger partial charge in [0.15, 0.2) is 0 Å². The van der Waals surface area contributed by atoms with E-state index in [2.05, 4.69) is 0 Å². The molecule has 2 rings (SSSR count). The van der Waals surface area contributed by atoms with Gasteiger partial charge < -0.3 is 14.2 Å². The van der Waals surface area contributed by atoms with E-state index in [4.69, 9.17) is 16.0 Å². The van der Waals surface area contributed by atoms with Crippen molar-refractivity contribution in [1.82, 2.24) is 9.80 Å². The molecule has 1 saturated heterocycles. The minimum atomic E-state index is -0.139. The molecule has 1 aliphatic heterocycles. The molecule has 6 heteroatoms. The number of amides is 2. The second kappa shape index (κ2) is 6.31. The third-order valence-corrected chi connectivity index (χ3v) is 3.64. The minimum absolute atomic E-state index is 0.119. The molecular formula is C14H19ClN2O3. The number of piperazine rings is 1. The summed E-state index contributed by atoms with van der Waals surface area (Å²) in [6, 6.07) is 1.57. The molecule has 1 aliphatic rings. The number of hydrogen-bond donors (Lipinski definition) is 0. The Balaban J connectivity index is 1.90. The maximum Gasteiger partial charge on any atom is 0.258 e. The third-order valence-electron chi connectivity index (χ3n) is 3.35. The van der Waals surface area contributed by atoms with Crippen molar-refractivity contribution < 1.29 is 14.0 Å². The van der Waals surface area contributed by atoms with E-state index in [0.29, 0.717) is 44.1 Å². The van der Waals surface area contributed by atoms with Gasteiger partial charge in [0.25, 0.3) is 5.91 Å². The van der Waals surface area contributed by atoms with Crippen molar-refractivity contribution in [1.29, 1.82) is 0 Å². The number of nitrogens with zero attached hydrogens (tertiary/aromatic N) is 2. The van der Waals surface area contributed by atoms with E-state index >= 15 is 0 Å². The van der Waals surface area contributed by atoms with Crippen LogP contribution < -0.4 is 0 Å². The molecule has 0 radical (unpaired) electrons. The summed E-state index contributed by atoms with van der Waals surface area (Å²) in [6.07, 6.45) is 1.96. The van der Waals surface area contributed by atoms with Crippen LogP contribution in [0.4, 0.5) is 0 Å². The van der Waals surface area contributed by atoms with Gasteiger partial charge in [0.05, 0.1) is 11.8 Å². The predicted octanol–water partition coefficient (Wildman–Crippen LogP) is 2.26. The molecule has 0 saturated carbocycles. The van der Waals surface area contributed by atoms with Crippen molar-refractivity contribution in [2.75, 3.05) is 26.2 Å². The molecule has 0 bridgehead atoms. The normalized spacial score (nSPS) is 15.8. The Morgan fingerprint density at radius 2 is 1.85 bits per heavy atom. The van der Waals surface area contributed by atoms with E-state index < -0.39 is 0 Å². The van der Waals surface area contributed by atoms with Gasteiger partial charge in [-0.25, -0.2) is 0 Å². The third kappa shape index (κ3) is 3.33. The maximum atomic E-state index is 12.2. The highest BCUT2D eigenvalue weighted by Crippen LogP contribution is 2.19. The molecule has 0 aromatic carbocycles. The first-order valence-corrected chi connectivity index (χ1v) is 7.17. The van der Waals surface area contributed by atoms with Crippen LogP contribution in [0, 0.1) is 5.92 Å². The quantitative estimate of drug-likeness (QED) is 0.860. The van der Waals surface area contributed by atoms with Crippen LogP contribution in [0.25, 0.3) is 0 Å². The van der Waals surface area contributed by atoms with Crippen molar-refractivity contribution >= 4 is 23.4 Å². The van der Waals surface area contributed by atoms with E-state index in [9.17, 15) is 9.59 Å². The highest BCUT2D eigenvalue weighted by molar-refractivity contribution is 6.32. The molecule has 1 aromatic heterocycles. The summed E-state index contributed by atoms with van der Waals surface area (Å²) in [4.78, 5) is 27.7. The van der Waals surface area contributed by atoms with Crippen LogP contribution in [0.3, 0.4) is 0 Å². The largest absolute Gasteiger partial charge is 0.452 e. The summed E-state index contributed by atoms with van der Waals surface area (Å²) in [5, 5.41) is 0.119. The highest BCUT2D eigenvalue weighted by atomic mass is 35.5. The first-order valence-electron chi connectivity index (χ1n) is 6.79. The van der Waals surface area contributed by atoms with Gasteiger partial charge >= 0.3 is 0 Å². The second-order valence-corrected chi connectivity index (χ2v) is 5.72. The number of halogens is 1. The van der Waals surface area contributed by atoms with Crippen LogP contribution in [0.2, 0.25) is 5.22 Å². The van der Waals surface area contributed by atoms with Crippen LogP contribution in [0.5, 0.6) is 0 Å². The predicted molar refractivity (Wildman–Crippen MR) is 75.7 cm³/mol. The average molecular weight is 299 g/mol. The molecule has 1 aromatic rings. The number of hydrogen-bond acceptors (Lipinski definition) is 3. The van der Waals surface area contributed by atoms with Gasteiger partial charge in [0.1, 0.15) is 0 Å². The monoisotopic (exact) mass is 298 g/mol. The lowest BCUT2D eigenvalue weighted by Gasteiger charge is -2.35. The Bertz CT molecular complexity index is 490. The molecule has 0 spiro atoms. The summed E-state index contributed by atoms with van der Waals surface area (Å²) in [7, 11) is 0. The molecule has 20 heavy (non-hydrogen) atoms. The molecule has 110 valence electrons. The highest BCUT2D eigenvalue weighted by Gasteiger charge is 2.26. The van der Waals surface area contributed by atoms with Crippen LogP contribution in [0.15, 0.2) is 16.7 Å². The lowest BCUT2D eigenvalue weighted by atomic mass is 10.1. The number of carbonyl (C=O) groups is 2. The standard InChI is InChI=1S/C14H19ClN2O3/c1-10(2)9-12(18)16-4-6-17(7-5-16)14(19)11-3-8-20-13(11)15/h3,8,10H,4-7,9H2,1-2H3. The lowest BCUT2D eigenvalue weighted by molar-refractivity contribution is -0.133. The fourth-order valence-electron chi connectivity index (χ4n) is 2.25. The van der Waals surface area contributed by atoms with Crippen molar-refractivity contribution in [3.05, 3.63) is 23.1 Å². The van der Waals surface area contributed by atoms with Crippen LogP contribution >= 0.6 is 11.6 Å². The molecule has 0 atom stereocenters. The van der Waals surface area contributed by atoms with Gasteiger partial charge in [-0.2, -0.15) is 0 Å². The zero-order valence-corrected chi connectivity index (χ0v) is 12.5. The van der Waals surface area contributed by atoms with E-state index in [1.54, 1.807) is 11.0 Å². The van der Waals surface area contributed by atoms with E-state index in [1.165, 1.54) is 6.26 Å². The Hall–Kier alpha value is -1.49. The molecule has 1 fully saturated rings. The summed E-state index contributed by atoms with van der Waals surface area (Å²) >= 11 is 5.81. The van der Waals surface area contributed by atoms with E-state index in [-0.39, 0.29) is 17.0 Å². The van der Waals surface area contributed by atoms with Gasteiger partial charge in [0.2, 0.25) is 11.1 Å². The van der Waals surface area contributed by atoms with Crippen LogP contribution in [-0.4, -0.2) is 47.8 Å². The number of furan rings is 1. The first-order chi connectivity index (χ1) is 9.49. The molecule has 0 unspecified atom stereocenters. The number of carbonyl (C=O) groups excluding carboxylic acids is 2. The number of rotatable bonds is 3. The fraction of sp³-hybridized carbons (Fsp3) is 0.571. The first kappa shape index (κ1) is 14.9. The van der Waals surface area contributed by atoms with Crippen molar-refractivity contribution in [3.63, 3.8) is 0 Å². The molecule has 2 heterocycles. The van der Waals surface area contributed by atoms with E-state index in [0.717, 1.165) is 0 Å². The fourth-order valence-corrected chi connectivity index (χ4v) is 2.45. The van der Waals surface area contributed by atoms with Crippen molar-refractivity contribution in [2.24, 2.45) is 5.92 Å². The lowest BCUT2D eigenvalue weighted by Crippen LogP contribution is -2.50. The second-order valence-electron chi connectivity index (χ2n) is 5.38. The molecule has 2 amide bonds. The van der Waals surface area contributed by atoms with Gasteiger partial charge in [-0.3, -0.25) is 9.59 Å². The van der Waals surface area contributed by atoms with Crippen molar-refractivity contribution in [3.8, 4) is 0 Å². The summed E-state index contributed by atoms with van der Waals surface area (Å²) in [5.74, 6) is 0.375. The smallest absolute Gasteiger partial charge is 0.258 e. The summed E-state index contributed by atoms with van der Waals surface area (Å²) in [6.45, 7) is 6.27. The minimum Gasteiger partial charge on any atom is -0.452 e. The van der Waals surface area contributed by atoms with Gasteiger partial charge in [-0.1, -0.05) is 13.8 Å². The topological polar surface area (TPSA) is 53.8 Å². The molecule has 0 N–H and O–H groups in total. The van der Waals surface area contributed by atoms with Crippen LogP contribution in [-0.2, 0) is 4.79 Å². The SMILES string of the molecule is CC(C)CC(=O)N1CCN(C(=O)c2ccoc2Cl)CC1. The van der Waals surface area contributed by atoms with Gasteiger partial charge in [-0.15, -0.1) is 0 Å². The summed E-state index contributed by atoms with van der Waals surface area (Å²) < 4.78 is 4.93. The van der Waals surface area contributed by atoms with E-state index in [1.807, 2.05) is 18.7 Å². The van der Waals surface area contributed by atoms with Crippen LogP contribution in [0.1, 0.15) is 30.6 Å². The Kier molecular flexibility index (Phi) is 4.70.